The van der Waals surface area contributed by atoms with E-state index in [9.17, 15) is 20.1 Å². The third kappa shape index (κ3) is 3.00. The van der Waals surface area contributed by atoms with Crippen molar-refractivity contribution in [2.75, 3.05) is 24.6 Å². The molecule has 158 valence electrons. The van der Waals surface area contributed by atoms with Crippen molar-refractivity contribution in [1.29, 1.82) is 0 Å². The summed E-state index contributed by atoms with van der Waals surface area (Å²) in [5.74, 6) is 0.748. The van der Waals surface area contributed by atoms with Crippen LogP contribution in [0.1, 0.15) is 24.1 Å². The van der Waals surface area contributed by atoms with Crippen molar-refractivity contribution >= 4 is 17.1 Å². The Kier molecular flexibility index (Phi) is 4.78. The van der Waals surface area contributed by atoms with Crippen molar-refractivity contribution in [1.82, 2.24) is 19.5 Å². The topological polar surface area (TPSA) is 137 Å². The third-order valence-corrected chi connectivity index (χ3v) is 5.98. The standard InChI is InChI=1S/C20H23N5O5/c26-9-13-15(27)16(28)19(30-13)25-17-14(18(29)22-10-21-17)23-20(25)24-7-6-12(8-24)11-4-2-1-3-5-11/h1-5,10,12-13,15-16,19,26-28H,6-9H2,(H,21,22,29)/t12-,13-,15-,16+,19-/m0/s1. The van der Waals surface area contributed by atoms with Gasteiger partial charge in [-0.25, -0.2) is 9.97 Å². The molecule has 2 saturated heterocycles. The predicted octanol–water partition coefficient (Wildman–Crippen LogP) is -0.275. The van der Waals surface area contributed by atoms with Crippen molar-refractivity contribution < 1.29 is 20.1 Å². The Bertz CT molecular complexity index is 1100. The molecule has 0 saturated carbocycles. The molecule has 0 aliphatic carbocycles. The lowest BCUT2D eigenvalue weighted by atomic mass is 9.99. The average molecular weight is 413 g/mol. The number of H-pyrrole nitrogens is 1. The van der Waals surface area contributed by atoms with Gasteiger partial charge in [-0.15, -0.1) is 0 Å². The van der Waals surface area contributed by atoms with Gasteiger partial charge in [0.15, 0.2) is 17.4 Å². The molecular formula is C20H23N5O5. The van der Waals surface area contributed by atoms with Gasteiger partial charge in [0.1, 0.15) is 18.3 Å². The lowest BCUT2D eigenvalue weighted by Crippen LogP contribution is -2.34. The molecule has 0 spiro atoms. The summed E-state index contributed by atoms with van der Waals surface area (Å²) in [4.78, 5) is 25.7. The lowest BCUT2D eigenvalue weighted by Gasteiger charge is -2.24. The van der Waals surface area contributed by atoms with Crippen LogP contribution < -0.4 is 10.5 Å². The van der Waals surface area contributed by atoms with Crippen LogP contribution in [-0.2, 0) is 4.74 Å². The number of anilines is 1. The van der Waals surface area contributed by atoms with Gasteiger partial charge in [0.2, 0.25) is 5.95 Å². The highest BCUT2D eigenvalue weighted by Crippen LogP contribution is 2.37. The molecule has 5 rings (SSSR count). The zero-order valence-corrected chi connectivity index (χ0v) is 16.1. The van der Waals surface area contributed by atoms with Gasteiger partial charge in [0.25, 0.3) is 5.56 Å². The van der Waals surface area contributed by atoms with Crippen LogP contribution >= 0.6 is 0 Å². The second-order valence-corrected chi connectivity index (χ2v) is 7.76. The first kappa shape index (κ1) is 19.2. The van der Waals surface area contributed by atoms with Crippen LogP contribution in [0.4, 0.5) is 5.95 Å². The summed E-state index contributed by atoms with van der Waals surface area (Å²) in [6.45, 7) is 0.945. The molecule has 3 aromatic rings. The third-order valence-electron chi connectivity index (χ3n) is 5.98. The smallest absolute Gasteiger partial charge is 0.278 e. The Labute approximate surface area is 171 Å². The van der Waals surface area contributed by atoms with Gasteiger partial charge in [-0.3, -0.25) is 9.36 Å². The summed E-state index contributed by atoms with van der Waals surface area (Å²) in [6.07, 6.45) is -2.34. The largest absolute Gasteiger partial charge is 0.394 e. The zero-order valence-electron chi connectivity index (χ0n) is 16.1. The fraction of sp³-hybridized carbons (Fsp3) is 0.450. The molecule has 2 aliphatic rings. The van der Waals surface area contributed by atoms with Crippen LogP contribution in [0.5, 0.6) is 0 Å². The quantitative estimate of drug-likeness (QED) is 0.459. The van der Waals surface area contributed by atoms with Crippen molar-refractivity contribution in [3.8, 4) is 0 Å². The number of aliphatic hydroxyl groups is 3. The number of aromatic nitrogens is 4. The maximum Gasteiger partial charge on any atom is 0.278 e. The SMILES string of the molecule is O=c1[nH]cnc2c1nc(N1CC[C@H](c3ccccc3)C1)n2[C@H]1O[C@@H](CO)[C@H](O)[C@H]1O. The van der Waals surface area contributed by atoms with Gasteiger partial charge in [-0.05, 0) is 12.0 Å². The van der Waals surface area contributed by atoms with Gasteiger partial charge in [0.05, 0.1) is 12.9 Å². The minimum absolute atomic E-state index is 0.133. The van der Waals surface area contributed by atoms with Gasteiger partial charge in [-0.1, -0.05) is 30.3 Å². The number of imidazole rings is 1. The van der Waals surface area contributed by atoms with E-state index in [-0.39, 0.29) is 11.2 Å². The minimum atomic E-state index is -1.30. The van der Waals surface area contributed by atoms with Crippen molar-refractivity contribution in [2.45, 2.75) is 36.9 Å². The molecule has 0 amide bonds. The highest BCUT2D eigenvalue weighted by molar-refractivity contribution is 5.74. The van der Waals surface area contributed by atoms with Crippen molar-refractivity contribution in [3.05, 3.63) is 52.6 Å². The Morgan fingerprint density at radius 3 is 2.73 bits per heavy atom. The van der Waals surface area contributed by atoms with Crippen molar-refractivity contribution in [3.63, 3.8) is 0 Å². The Morgan fingerprint density at radius 2 is 2.00 bits per heavy atom. The monoisotopic (exact) mass is 413 g/mol. The molecule has 30 heavy (non-hydrogen) atoms. The summed E-state index contributed by atoms with van der Waals surface area (Å²) < 4.78 is 7.29. The molecule has 10 heteroatoms. The fourth-order valence-corrected chi connectivity index (χ4v) is 4.40. The first-order chi connectivity index (χ1) is 14.6. The molecule has 0 radical (unpaired) electrons. The van der Waals surface area contributed by atoms with E-state index in [2.05, 4.69) is 27.1 Å². The summed E-state index contributed by atoms with van der Waals surface area (Å²) >= 11 is 0. The number of fused-ring (bicyclic) bond motifs is 1. The van der Waals surface area contributed by atoms with Gasteiger partial charge in [0, 0.05) is 19.0 Å². The highest BCUT2D eigenvalue weighted by Gasteiger charge is 2.45. The second-order valence-electron chi connectivity index (χ2n) is 7.76. The predicted molar refractivity (Wildman–Crippen MR) is 107 cm³/mol. The summed E-state index contributed by atoms with van der Waals surface area (Å²) in [5.41, 5.74) is 1.22. The first-order valence-corrected chi connectivity index (χ1v) is 9.96. The van der Waals surface area contributed by atoms with Gasteiger partial charge in [-0.2, -0.15) is 0 Å². The number of hydrogen-bond donors (Lipinski definition) is 4. The molecule has 4 heterocycles. The zero-order chi connectivity index (χ0) is 20.8. The lowest BCUT2D eigenvalue weighted by molar-refractivity contribution is -0.0504. The second kappa shape index (κ2) is 7.47. The van der Waals surface area contributed by atoms with Crippen molar-refractivity contribution in [2.24, 2.45) is 0 Å². The van der Waals surface area contributed by atoms with Gasteiger partial charge >= 0.3 is 0 Å². The van der Waals surface area contributed by atoms with Crippen LogP contribution in [0.25, 0.3) is 11.2 Å². The average Bonchev–Trinajstić information content (AvgIpc) is 3.46. The Morgan fingerprint density at radius 1 is 1.20 bits per heavy atom. The van der Waals surface area contributed by atoms with E-state index >= 15 is 0 Å². The van der Waals surface area contributed by atoms with E-state index in [1.54, 1.807) is 4.57 Å². The number of benzene rings is 1. The van der Waals surface area contributed by atoms with E-state index in [1.165, 1.54) is 11.9 Å². The molecule has 0 unspecified atom stereocenters. The highest BCUT2D eigenvalue weighted by atomic mass is 16.6. The molecule has 10 nitrogen and oxygen atoms in total. The number of hydrogen-bond acceptors (Lipinski definition) is 8. The minimum Gasteiger partial charge on any atom is -0.394 e. The number of aromatic amines is 1. The van der Waals surface area contributed by atoms with Crippen LogP contribution in [0.3, 0.4) is 0 Å². The molecular weight excluding hydrogens is 390 g/mol. The summed E-state index contributed by atoms with van der Waals surface area (Å²) in [5, 5.41) is 30.3. The molecule has 2 aromatic heterocycles. The molecule has 4 N–H and O–H groups in total. The van der Waals surface area contributed by atoms with Crippen LogP contribution in [-0.4, -0.2) is 72.8 Å². The van der Waals surface area contributed by atoms with E-state index in [0.717, 1.165) is 6.42 Å². The molecule has 1 aromatic carbocycles. The Hall–Kier alpha value is -2.79. The van der Waals surface area contributed by atoms with Crippen LogP contribution in [0.2, 0.25) is 0 Å². The van der Waals surface area contributed by atoms with E-state index in [4.69, 9.17) is 4.74 Å². The van der Waals surface area contributed by atoms with E-state index < -0.39 is 36.7 Å². The first-order valence-electron chi connectivity index (χ1n) is 9.96. The molecule has 5 atom stereocenters. The maximum atomic E-state index is 12.3. The number of rotatable bonds is 4. The maximum absolute atomic E-state index is 12.3. The summed E-state index contributed by atoms with van der Waals surface area (Å²) in [6, 6.07) is 10.2. The van der Waals surface area contributed by atoms with Crippen LogP contribution in [0.15, 0.2) is 41.5 Å². The molecule has 0 bridgehead atoms. The summed E-state index contributed by atoms with van der Waals surface area (Å²) in [7, 11) is 0. The molecule has 2 aliphatic heterocycles. The fourth-order valence-electron chi connectivity index (χ4n) is 4.40. The number of aliphatic hydroxyl groups excluding tert-OH is 3. The number of nitrogens with zero attached hydrogens (tertiary/aromatic N) is 4. The Balaban J connectivity index is 1.57. The van der Waals surface area contributed by atoms with Crippen LogP contribution in [0, 0.1) is 0 Å². The number of nitrogens with one attached hydrogen (secondary N) is 1. The van der Waals surface area contributed by atoms with E-state index in [1.807, 2.05) is 23.1 Å². The van der Waals surface area contributed by atoms with Gasteiger partial charge < -0.3 is 29.9 Å². The normalized spacial score (nSPS) is 29.2. The number of ether oxygens (including phenoxy) is 1. The molecule has 2 fully saturated rings. The van der Waals surface area contributed by atoms with E-state index in [0.29, 0.717) is 25.0 Å².